The summed E-state index contributed by atoms with van der Waals surface area (Å²) in [7, 11) is -1.93. The molecule has 0 fully saturated rings. The van der Waals surface area contributed by atoms with Gasteiger partial charge in [-0.25, -0.2) is 13.4 Å². The summed E-state index contributed by atoms with van der Waals surface area (Å²) in [6, 6.07) is 0. The first-order chi connectivity index (χ1) is 7.37. The van der Waals surface area contributed by atoms with Crippen LogP contribution < -0.4 is 0 Å². The molecule has 1 atom stereocenters. The fraction of sp³-hybridized carbons (Fsp3) is 0.667. The number of hydrogen-bond donors (Lipinski definition) is 1. The van der Waals surface area contributed by atoms with Gasteiger partial charge in [0, 0.05) is 12.4 Å². The molecule has 0 saturated heterocycles. The molecule has 1 aromatic rings. The molecule has 1 aromatic heterocycles. The number of thiazole rings is 1. The molecule has 16 heavy (non-hydrogen) atoms. The molecule has 0 aliphatic heterocycles. The lowest BCUT2D eigenvalue weighted by Gasteiger charge is -2.19. The van der Waals surface area contributed by atoms with Gasteiger partial charge in [-0.15, -0.1) is 11.3 Å². The topological polar surface area (TPSA) is 70.5 Å². The maximum absolute atomic E-state index is 11.8. The van der Waals surface area contributed by atoms with Gasteiger partial charge in [-0.3, -0.25) is 0 Å². The summed E-state index contributed by atoms with van der Waals surface area (Å²) in [5.74, 6) is 0. The van der Waals surface area contributed by atoms with E-state index < -0.39 is 15.3 Å². The molecule has 0 aliphatic rings. The van der Waals surface area contributed by atoms with Crippen LogP contribution in [0, 0.1) is 6.92 Å². The van der Waals surface area contributed by atoms with Gasteiger partial charge >= 0.3 is 0 Å². The molecule has 5 nitrogen and oxygen atoms in total. The maximum atomic E-state index is 11.8. The summed E-state index contributed by atoms with van der Waals surface area (Å²) in [5.41, 5.74) is 0.735. The quantitative estimate of drug-likeness (QED) is 0.845. The van der Waals surface area contributed by atoms with E-state index in [1.807, 2.05) is 12.3 Å². The number of hydrogen-bond acceptors (Lipinski definition) is 5. The molecule has 0 aromatic carbocycles. The number of nitrogens with zero attached hydrogens (tertiary/aromatic N) is 2. The highest BCUT2D eigenvalue weighted by Crippen LogP contribution is 2.13. The first kappa shape index (κ1) is 13.6. The van der Waals surface area contributed by atoms with Gasteiger partial charge in [0.1, 0.15) is 0 Å². The Morgan fingerprint density at radius 3 is 2.69 bits per heavy atom. The van der Waals surface area contributed by atoms with E-state index in [4.69, 9.17) is 5.11 Å². The third kappa shape index (κ3) is 3.00. The van der Waals surface area contributed by atoms with Gasteiger partial charge in [0.15, 0.2) is 0 Å². The number of aliphatic hydroxyl groups is 1. The van der Waals surface area contributed by atoms with Gasteiger partial charge < -0.3 is 5.11 Å². The van der Waals surface area contributed by atoms with Crippen molar-refractivity contribution >= 4 is 21.4 Å². The molecule has 0 amide bonds. The fourth-order valence-electron chi connectivity index (χ4n) is 1.20. The predicted molar refractivity (Wildman–Crippen MR) is 63.8 cm³/mol. The van der Waals surface area contributed by atoms with Gasteiger partial charge in [0.2, 0.25) is 10.0 Å². The zero-order chi connectivity index (χ0) is 12.3. The second-order valence-corrected chi connectivity index (χ2v) is 7.17. The van der Waals surface area contributed by atoms with E-state index in [1.165, 1.54) is 29.6 Å². The van der Waals surface area contributed by atoms with Crippen LogP contribution in [0.5, 0.6) is 0 Å². The van der Waals surface area contributed by atoms with E-state index in [-0.39, 0.29) is 13.2 Å². The van der Waals surface area contributed by atoms with Crippen molar-refractivity contribution in [1.82, 2.24) is 9.29 Å². The van der Waals surface area contributed by atoms with Crippen LogP contribution in [-0.2, 0) is 16.6 Å². The van der Waals surface area contributed by atoms with Gasteiger partial charge in [-0.1, -0.05) is 0 Å². The van der Waals surface area contributed by atoms with E-state index in [9.17, 15) is 8.42 Å². The summed E-state index contributed by atoms with van der Waals surface area (Å²) < 4.78 is 24.9. The minimum absolute atomic E-state index is 0.247. The van der Waals surface area contributed by atoms with Crippen LogP contribution in [0.4, 0.5) is 0 Å². The third-order valence-corrected chi connectivity index (χ3v) is 5.24. The molecule has 7 heteroatoms. The summed E-state index contributed by atoms with van der Waals surface area (Å²) in [6.45, 7) is 3.23. The molecule has 1 heterocycles. The molecular formula is C9H16N2O3S2. The van der Waals surface area contributed by atoms with Gasteiger partial charge in [-0.05, 0) is 13.8 Å². The van der Waals surface area contributed by atoms with Crippen LogP contribution in [0.25, 0.3) is 0 Å². The van der Waals surface area contributed by atoms with Crippen LogP contribution in [0.2, 0.25) is 0 Å². The van der Waals surface area contributed by atoms with Crippen molar-refractivity contribution in [3.8, 4) is 0 Å². The number of rotatable bonds is 5. The summed E-state index contributed by atoms with van der Waals surface area (Å²) in [5, 5.41) is 10.8. The molecule has 0 bridgehead atoms. The lowest BCUT2D eigenvalue weighted by atomic mass is 10.5. The SMILES string of the molecule is Cc1nc(CN(C)S(=O)(=O)C(C)CO)cs1. The van der Waals surface area contributed by atoms with Crippen LogP contribution in [0.15, 0.2) is 5.38 Å². The van der Waals surface area contributed by atoms with Crippen molar-refractivity contribution in [3.05, 3.63) is 16.1 Å². The highest BCUT2D eigenvalue weighted by atomic mass is 32.2. The molecule has 0 radical (unpaired) electrons. The molecule has 92 valence electrons. The monoisotopic (exact) mass is 264 g/mol. The fourth-order valence-corrected chi connectivity index (χ4v) is 2.92. The molecule has 0 saturated carbocycles. The van der Waals surface area contributed by atoms with E-state index in [2.05, 4.69) is 4.98 Å². The lowest BCUT2D eigenvalue weighted by molar-refractivity contribution is 0.290. The number of aryl methyl sites for hydroxylation is 1. The lowest BCUT2D eigenvalue weighted by Crippen LogP contribution is -2.36. The minimum atomic E-state index is -3.43. The first-order valence-electron chi connectivity index (χ1n) is 4.85. The van der Waals surface area contributed by atoms with E-state index in [1.54, 1.807) is 0 Å². The normalized spacial score (nSPS) is 14.3. The molecule has 1 unspecified atom stereocenters. The number of aliphatic hydroxyl groups excluding tert-OH is 1. The third-order valence-electron chi connectivity index (χ3n) is 2.25. The Bertz CT molecular complexity index is 441. The number of sulfonamides is 1. The second-order valence-electron chi connectivity index (χ2n) is 3.65. The average molecular weight is 264 g/mol. The molecule has 0 spiro atoms. The number of aromatic nitrogens is 1. The zero-order valence-electron chi connectivity index (χ0n) is 9.54. The van der Waals surface area contributed by atoms with Crippen molar-refractivity contribution < 1.29 is 13.5 Å². The van der Waals surface area contributed by atoms with Crippen LogP contribution in [-0.4, -0.2) is 41.7 Å². The second kappa shape index (κ2) is 5.22. The van der Waals surface area contributed by atoms with E-state index in [0.29, 0.717) is 0 Å². The van der Waals surface area contributed by atoms with Crippen LogP contribution >= 0.6 is 11.3 Å². The zero-order valence-corrected chi connectivity index (χ0v) is 11.2. The molecule has 0 aliphatic carbocycles. The van der Waals surface area contributed by atoms with Gasteiger partial charge in [0.25, 0.3) is 0 Å². The Kier molecular flexibility index (Phi) is 4.43. The Hall–Kier alpha value is -0.500. The Labute approximate surface area is 99.8 Å². The highest BCUT2D eigenvalue weighted by Gasteiger charge is 2.25. The van der Waals surface area contributed by atoms with Crippen molar-refractivity contribution in [1.29, 1.82) is 0 Å². The first-order valence-corrected chi connectivity index (χ1v) is 7.23. The van der Waals surface area contributed by atoms with E-state index >= 15 is 0 Å². The van der Waals surface area contributed by atoms with Crippen LogP contribution in [0.3, 0.4) is 0 Å². The van der Waals surface area contributed by atoms with E-state index in [0.717, 1.165) is 10.7 Å². The molecule has 1 rings (SSSR count). The maximum Gasteiger partial charge on any atom is 0.219 e. The Balaban J connectivity index is 2.76. The van der Waals surface area contributed by atoms with Gasteiger partial charge in [-0.2, -0.15) is 4.31 Å². The Morgan fingerprint density at radius 2 is 2.25 bits per heavy atom. The smallest absolute Gasteiger partial charge is 0.219 e. The summed E-state index contributed by atoms with van der Waals surface area (Å²) >= 11 is 1.49. The summed E-state index contributed by atoms with van der Waals surface area (Å²) in [4.78, 5) is 4.20. The standard InChI is InChI=1S/C9H16N2O3S2/c1-7(5-12)16(13,14)11(3)4-9-6-15-8(2)10-9/h6-7,12H,4-5H2,1-3H3. The average Bonchev–Trinajstić information content (AvgIpc) is 2.62. The van der Waals surface area contributed by atoms with Crippen molar-refractivity contribution in [2.75, 3.05) is 13.7 Å². The Morgan fingerprint density at radius 1 is 1.62 bits per heavy atom. The minimum Gasteiger partial charge on any atom is -0.395 e. The van der Waals surface area contributed by atoms with Crippen molar-refractivity contribution in [2.24, 2.45) is 0 Å². The molecular weight excluding hydrogens is 248 g/mol. The van der Waals surface area contributed by atoms with Gasteiger partial charge in [0.05, 0.1) is 29.1 Å². The van der Waals surface area contributed by atoms with Crippen molar-refractivity contribution in [2.45, 2.75) is 25.6 Å². The van der Waals surface area contributed by atoms with Crippen molar-refractivity contribution in [3.63, 3.8) is 0 Å². The highest BCUT2D eigenvalue weighted by molar-refractivity contribution is 7.89. The molecule has 1 N–H and O–H groups in total. The predicted octanol–water partition coefficient (Wildman–Crippen LogP) is 0.594. The largest absolute Gasteiger partial charge is 0.395 e. The van der Waals surface area contributed by atoms with Crippen LogP contribution in [0.1, 0.15) is 17.6 Å². The summed E-state index contributed by atoms with van der Waals surface area (Å²) in [6.07, 6.45) is 0.